The summed E-state index contributed by atoms with van der Waals surface area (Å²) in [5.41, 5.74) is 0. The Bertz CT molecular complexity index is 1110. The number of aliphatic hydroxyl groups excluding tert-OH is 4. The highest BCUT2D eigenvalue weighted by molar-refractivity contribution is 5.80. The fourth-order valence-electron chi connectivity index (χ4n) is 10.7. The van der Waals surface area contributed by atoms with Gasteiger partial charge in [0.15, 0.2) is 0 Å². The van der Waals surface area contributed by atoms with E-state index < -0.39 is 36.9 Å². The highest BCUT2D eigenvalue weighted by atomic mass is 16.3. The molecule has 0 aromatic rings. The number of amides is 1. The summed E-state index contributed by atoms with van der Waals surface area (Å²) >= 11 is 0. The number of rotatable bonds is 62. The van der Waals surface area contributed by atoms with E-state index in [2.05, 4.69) is 43.5 Å². The smallest absolute Gasteiger partial charge is 0.249 e. The number of aliphatic hydroxyl groups is 4. The van der Waals surface area contributed by atoms with Gasteiger partial charge in [0.1, 0.15) is 12.2 Å². The molecule has 434 valence electrons. The number of hydrogen-bond acceptors (Lipinski definition) is 5. The largest absolute Gasteiger partial charge is 0.394 e. The minimum atomic E-state index is -1.28. The van der Waals surface area contributed by atoms with Crippen LogP contribution in [0.25, 0.3) is 0 Å². The molecule has 0 rings (SSSR count). The topological polar surface area (TPSA) is 110 Å². The first-order valence-electron chi connectivity index (χ1n) is 33.2. The summed E-state index contributed by atoms with van der Waals surface area (Å²) in [5.74, 6) is -0.589. The molecule has 0 spiro atoms. The van der Waals surface area contributed by atoms with Crippen LogP contribution in [0.2, 0.25) is 0 Å². The molecule has 0 aliphatic rings. The number of carbonyl (C=O) groups is 1. The van der Waals surface area contributed by atoms with Crippen LogP contribution in [0.5, 0.6) is 0 Å². The summed E-state index contributed by atoms with van der Waals surface area (Å²) in [6, 6.07) is -1.00. The Kier molecular flexibility index (Phi) is 60.6. The minimum absolute atomic E-state index is 0.364. The van der Waals surface area contributed by atoms with Crippen molar-refractivity contribution in [2.45, 2.75) is 391 Å². The van der Waals surface area contributed by atoms with Crippen molar-refractivity contribution >= 4 is 5.91 Å². The molecule has 1 amide bonds. The molecule has 0 radical (unpaired) electrons. The highest BCUT2D eigenvalue weighted by Crippen LogP contribution is 2.19. The van der Waals surface area contributed by atoms with Gasteiger partial charge in [-0.2, -0.15) is 0 Å². The van der Waals surface area contributed by atoms with Crippen LogP contribution in [0, 0.1) is 0 Å². The second-order valence-electron chi connectivity index (χ2n) is 23.2. The Labute approximate surface area is 456 Å². The van der Waals surface area contributed by atoms with Crippen LogP contribution >= 0.6 is 0 Å². The first kappa shape index (κ1) is 71.8. The molecule has 0 aromatic carbocycles. The van der Waals surface area contributed by atoms with E-state index in [-0.39, 0.29) is 0 Å². The first-order valence-corrected chi connectivity index (χ1v) is 33.2. The Balaban J connectivity index is 3.58. The van der Waals surface area contributed by atoms with E-state index in [0.717, 1.165) is 38.5 Å². The Morgan fingerprint density at radius 3 is 0.822 bits per heavy atom. The van der Waals surface area contributed by atoms with Crippen molar-refractivity contribution in [1.82, 2.24) is 5.32 Å². The van der Waals surface area contributed by atoms with E-state index in [4.69, 9.17) is 0 Å². The lowest BCUT2D eigenvalue weighted by Gasteiger charge is -2.27. The van der Waals surface area contributed by atoms with Crippen molar-refractivity contribution in [1.29, 1.82) is 0 Å². The van der Waals surface area contributed by atoms with Crippen molar-refractivity contribution in [3.05, 3.63) is 24.3 Å². The lowest BCUT2D eigenvalue weighted by Crippen LogP contribution is -2.53. The molecule has 4 unspecified atom stereocenters. The molecule has 0 bridgehead atoms. The van der Waals surface area contributed by atoms with Gasteiger partial charge in [0.05, 0.1) is 18.8 Å². The molecule has 0 aromatic heterocycles. The Morgan fingerprint density at radius 1 is 0.329 bits per heavy atom. The van der Waals surface area contributed by atoms with Gasteiger partial charge < -0.3 is 25.7 Å². The summed E-state index contributed by atoms with van der Waals surface area (Å²) in [4.78, 5) is 12.6. The van der Waals surface area contributed by atoms with Crippen LogP contribution in [0.1, 0.15) is 367 Å². The van der Waals surface area contributed by atoms with Crippen molar-refractivity contribution < 1.29 is 25.2 Å². The summed E-state index contributed by atoms with van der Waals surface area (Å²) in [6.07, 6.45) is 77.2. The van der Waals surface area contributed by atoms with Crippen molar-refractivity contribution in [2.75, 3.05) is 6.61 Å². The third-order valence-corrected chi connectivity index (χ3v) is 15.9. The fraction of sp³-hybridized carbons (Fsp3) is 0.925. The van der Waals surface area contributed by atoms with Crippen LogP contribution in [0.15, 0.2) is 24.3 Å². The van der Waals surface area contributed by atoms with Gasteiger partial charge in [0.2, 0.25) is 5.91 Å². The van der Waals surface area contributed by atoms with E-state index in [1.165, 1.54) is 302 Å². The lowest BCUT2D eigenvalue weighted by molar-refractivity contribution is -0.132. The molecule has 0 aliphatic carbocycles. The van der Waals surface area contributed by atoms with Gasteiger partial charge in [-0.25, -0.2) is 0 Å². The van der Waals surface area contributed by atoms with Gasteiger partial charge in [0, 0.05) is 0 Å². The normalized spacial score (nSPS) is 13.7. The summed E-state index contributed by atoms with van der Waals surface area (Å²) in [6.45, 7) is 4.10. The zero-order valence-corrected chi connectivity index (χ0v) is 49.4. The Morgan fingerprint density at radius 2 is 0.562 bits per heavy atom. The van der Waals surface area contributed by atoms with Gasteiger partial charge in [-0.15, -0.1) is 0 Å². The zero-order valence-electron chi connectivity index (χ0n) is 49.4. The number of nitrogens with one attached hydrogen (secondary N) is 1. The van der Waals surface area contributed by atoms with Crippen LogP contribution < -0.4 is 5.32 Å². The maximum absolute atomic E-state index is 12.6. The monoisotopic (exact) mass is 1030 g/mol. The van der Waals surface area contributed by atoms with E-state index >= 15 is 0 Å². The number of hydrogen-bond donors (Lipinski definition) is 5. The average molecular weight is 1030 g/mol. The second kappa shape index (κ2) is 61.6. The second-order valence-corrected chi connectivity index (χ2v) is 23.2. The molecular formula is C67H131NO5. The van der Waals surface area contributed by atoms with Gasteiger partial charge >= 0.3 is 0 Å². The predicted octanol–water partition coefficient (Wildman–Crippen LogP) is 20.2. The zero-order chi connectivity index (χ0) is 53.0. The van der Waals surface area contributed by atoms with E-state index in [1.54, 1.807) is 0 Å². The molecule has 0 saturated carbocycles. The molecule has 0 fully saturated rings. The minimum Gasteiger partial charge on any atom is -0.394 e. The third kappa shape index (κ3) is 55.4. The lowest BCUT2D eigenvalue weighted by atomic mass is 10.00. The number of allylic oxidation sites excluding steroid dienone is 4. The summed E-state index contributed by atoms with van der Waals surface area (Å²) in [7, 11) is 0. The number of carbonyl (C=O) groups excluding carboxylic acids is 1. The van der Waals surface area contributed by atoms with Crippen molar-refractivity contribution in [3.8, 4) is 0 Å². The maximum Gasteiger partial charge on any atom is 0.249 e. The highest BCUT2D eigenvalue weighted by Gasteiger charge is 2.28. The number of unbranched alkanes of at least 4 members (excludes halogenated alkanes) is 49. The molecule has 0 heterocycles. The molecule has 5 N–H and O–H groups in total. The quantitative estimate of drug-likeness (QED) is 0.0308. The van der Waals surface area contributed by atoms with Gasteiger partial charge in [-0.05, 0) is 64.2 Å². The van der Waals surface area contributed by atoms with Crippen LogP contribution in [0.3, 0.4) is 0 Å². The van der Waals surface area contributed by atoms with E-state index in [9.17, 15) is 25.2 Å². The van der Waals surface area contributed by atoms with E-state index in [1.807, 2.05) is 0 Å². The predicted molar refractivity (Wildman–Crippen MR) is 321 cm³/mol. The van der Waals surface area contributed by atoms with Crippen LogP contribution in [-0.4, -0.2) is 57.3 Å². The standard InChI is InChI=1S/C67H131NO5/c1-3-5-7-9-11-13-15-17-19-21-23-25-27-29-31-32-33-34-35-37-38-40-42-44-46-48-50-52-54-56-58-60-64(70)66(72)63(62-69)68-67(73)65(71)61-59-57-55-53-51-49-47-45-43-41-39-36-30-28-26-24-22-20-18-16-14-12-10-8-6-4-2/h30,36,52,54,63-66,69-72H,3-29,31-35,37-51,53,55-62H2,1-2H3,(H,68,73)/b36-30-,54-52+. The summed E-state index contributed by atoms with van der Waals surface area (Å²) in [5, 5.41) is 44.1. The van der Waals surface area contributed by atoms with Gasteiger partial charge in [-0.3, -0.25) is 4.79 Å². The SMILES string of the molecule is CCCCCCCCCCCCCC/C=C\CCCCCCCCCCCCC(O)C(=O)NC(CO)C(O)C(O)CCC/C=C/CCCCCCCCCCCCCCCCCCCCCCCCCCCC. The molecule has 73 heavy (non-hydrogen) atoms. The molecule has 6 nitrogen and oxygen atoms in total. The fourth-order valence-corrected chi connectivity index (χ4v) is 10.7. The first-order chi connectivity index (χ1) is 36.0. The van der Waals surface area contributed by atoms with Crippen LogP contribution in [0.4, 0.5) is 0 Å². The molecule has 6 heteroatoms. The van der Waals surface area contributed by atoms with Crippen molar-refractivity contribution in [3.63, 3.8) is 0 Å². The van der Waals surface area contributed by atoms with Crippen molar-refractivity contribution in [2.24, 2.45) is 0 Å². The maximum atomic E-state index is 12.6. The average Bonchev–Trinajstić information content (AvgIpc) is 3.40. The molecule has 0 aliphatic heterocycles. The molecule has 4 atom stereocenters. The molecule has 0 saturated heterocycles. The third-order valence-electron chi connectivity index (χ3n) is 15.9. The summed E-state index contributed by atoms with van der Waals surface area (Å²) < 4.78 is 0. The van der Waals surface area contributed by atoms with Crippen LogP contribution in [-0.2, 0) is 4.79 Å². The van der Waals surface area contributed by atoms with Gasteiger partial charge in [0.25, 0.3) is 0 Å². The Hall–Kier alpha value is -1.21. The van der Waals surface area contributed by atoms with Gasteiger partial charge in [-0.1, -0.05) is 327 Å². The molecular weight excluding hydrogens is 899 g/mol. The van der Waals surface area contributed by atoms with E-state index in [0.29, 0.717) is 12.8 Å².